The Balaban J connectivity index is 3.62. The Kier molecular flexibility index (Phi) is 7.29. The third kappa shape index (κ3) is 6.69. The molecule has 0 radical (unpaired) electrons. The van der Waals surface area contributed by atoms with Gasteiger partial charge in [-0.05, 0) is 25.8 Å². The first kappa shape index (κ1) is 13.7. The maximum Gasteiger partial charge on any atom is 0.221 e. The Labute approximate surface area is 90.6 Å². The number of nitrogens with zero attached hydrogens (tertiary/aromatic N) is 1. The number of rotatable bonds is 6. The molecule has 84 valence electrons. The van der Waals surface area contributed by atoms with E-state index in [0.29, 0.717) is 13.0 Å². The lowest BCUT2D eigenvalue weighted by atomic mass is 10.1. The predicted octanol–water partition coefficient (Wildman–Crippen LogP) is 1.12. The monoisotopic (exact) mass is 210 g/mol. The van der Waals surface area contributed by atoms with Gasteiger partial charge in [-0.3, -0.25) is 4.79 Å². The molecule has 0 saturated heterocycles. The van der Waals surface area contributed by atoms with Gasteiger partial charge in [0.15, 0.2) is 0 Å². The molecule has 0 saturated carbocycles. The summed E-state index contributed by atoms with van der Waals surface area (Å²) in [5.74, 6) is -0.137. The Bertz CT molecular complexity index is 266. The molecule has 0 aromatic carbocycles. The van der Waals surface area contributed by atoms with Crippen LogP contribution in [0.5, 0.6) is 0 Å². The Hall–Kier alpha value is -1.34. The van der Waals surface area contributed by atoms with Gasteiger partial charge in [-0.2, -0.15) is 5.26 Å². The van der Waals surface area contributed by atoms with Crippen molar-refractivity contribution in [2.75, 3.05) is 6.54 Å². The largest absolute Gasteiger partial charge is 0.389 e. The van der Waals surface area contributed by atoms with Gasteiger partial charge in [0, 0.05) is 19.4 Å². The number of hydrogen-bond acceptors (Lipinski definition) is 3. The molecular formula is C11H18N2O2. The average molecular weight is 210 g/mol. The van der Waals surface area contributed by atoms with Crippen molar-refractivity contribution < 1.29 is 9.90 Å². The van der Waals surface area contributed by atoms with Crippen molar-refractivity contribution in [1.29, 1.82) is 5.26 Å². The van der Waals surface area contributed by atoms with Crippen LogP contribution in [0.1, 0.15) is 33.1 Å². The van der Waals surface area contributed by atoms with Crippen LogP contribution in [0.4, 0.5) is 0 Å². The molecule has 2 N–H and O–H groups in total. The summed E-state index contributed by atoms with van der Waals surface area (Å²) >= 11 is 0. The molecule has 0 heterocycles. The van der Waals surface area contributed by atoms with E-state index < -0.39 is 6.10 Å². The van der Waals surface area contributed by atoms with Crippen LogP contribution in [0.2, 0.25) is 0 Å². The minimum atomic E-state index is -0.494. The van der Waals surface area contributed by atoms with Gasteiger partial charge in [-0.25, -0.2) is 0 Å². The maximum absolute atomic E-state index is 11.1. The number of carbonyl (C=O) groups is 1. The lowest BCUT2D eigenvalue weighted by Gasteiger charge is -2.11. The van der Waals surface area contributed by atoms with Crippen molar-refractivity contribution in [3.05, 3.63) is 11.6 Å². The first-order chi connectivity index (χ1) is 7.11. The molecule has 15 heavy (non-hydrogen) atoms. The third-order valence-corrected chi connectivity index (χ3v) is 2.18. The van der Waals surface area contributed by atoms with Crippen LogP contribution in [-0.4, -0.2) is 23.7 Å². The van der Waals surface area contributed by atoms with Gasteiger partial charge in [0.05, 0.1) is 12.2 Å². The van der Waals surface area contributed by atoms with E-state index in [4.69, 9.17) is 5.26 Å². The topological polar surface area (TPSA) is 73.1 Å². The molecule has 1 unspecified atom stereocenters. The molecule has 0 aromatic rings. The Morgan fingerprint density at radius 3 is 2.87 bits per heavy atom. The minimum Gasteiger partial charge on any atom is -0.389 e. The molecule has 0 aliphatic carbocycles. The zero-order valence-electron chi connectivity index (χ0n) is 9.29. The predicted molar refractivity (Wildman–Crippen MR) is 57.9 cm³/mol. The van der Waals surface area contributed by atoms with Gasteiger partial charge < -0.3 is 10.4 Å². The van der Waals surface area contributed by atoms with E-state index in [1.165, 1.54) is 0 Å². The molecular weight excluding hydrogens is 192 g/mol. The van der Waals surface area contributed by atoms with Crippen LogP contribution in [0.15, 0.2) is 11.6 Å². The molecule has 0 fully saturated rings. The minimum absolute atomic E-state index is 0.137. The fraction of sp³-hybridized carbons (Fsp3) is 0.636. The molecule has 1 amide bonds. The van der Waals surface area contributed by atoms with Gasteiger partial charge in [-0.15, -0.1) is 0 Å². The van der Waals surface area contributed by atoms with E-state index in [1.54, 1.807) is 0 Å². The summed E-state index contributed by atoms with van der Waals surface area (Å²) in [6, 6.07) is 1.91. The quantitative estimate of drug-likeness (QED) is 0.645. The molecule has 0 aliphatic rings. The zero-order chi connectivity index (χ0) is 11.7. The lowest BCUT2D eigenvalue weighted by Crippen LogP contribution is -2.27. The normalized spacial score (nSPS) is 13.1. The van der Waals surface area contributed by atoms with E-state index >= 15 is 0 Å². The van der Waals surface area contributed by atoms with Crippen LogP contribution >= 0.6 is 0 Å². The number of aliphatic hydroxyl groups is 1. The smallest absolute Gasteiger partial charge is 0.221 e. The average Bonchev–Trinajstić information content (AvgIpc) is 2.24. The van der Waals surface area contributed by atoms with Gasteiger partial charge in [0.25, 0.3) is 0 Å². The third-order valence-electron chi connectivity index (χ3n) is 2.18. The van der Waals surface area contributed by atoms with Crippen LogP contribution in [0, 0.1) is 11.3 Å². The summed E-state index contributed by atoms with van der Waals surface area (Å²) in [6.45, 7) is 4.16. The second-order valence-corrected chi connectivity index (χ2v) is 3.35. The number of aliphatic hydroxyl groups excluding tert-OH is 1. The van der Waals surface area contributed by atoms with Crippen LogP contribution in [0.25, 0.3) is 0 Å². The Morgan fingerprint density at radius 1 is 1.67 bits per heavy atom. The second kappa shape index (κ2) is 8.01. The number of hydrogen-bond donors (Lipinski definition) is 2. The van der Waals surface area contributed by atoms with Crippen molar-refractivity contribution in [2.24, 2.45) is 0 Å². The highest BCUT2D eigenvalue weighted by Crippen LogP contribution is 2.03. The van der Waals surface area contributed by atoms with E-state index in [9.17, 15) is 9.90 Å². The van der Waals surface area contributed by atoms with Crippen molar-refractivity contribution in [1.82, 2.24) is 5.32 Å². The fourth-order valence-electron chi connectivity index (χ4n) is 1.03. The van der Waals surface area contributed by atoms with E-state index in [-0.39, 0.29) is 18.7 Å². The molecule has 0 spiro atoms. The first-order valence-corrected chi connectivity index (χ1v) is 5.06. The molecule has 0 aromatic heterocycles. The number of amides is 1. The van der Waals surface area contributed by atoms with Crippen molar-refractivity contribution in [3.63, 3.8) is 0 Å². The number of allylic oxidation sites excluding steroid dienone is 1. The Morgan fingerprint density at radius 2 is 2.33 bits per heavy atom. The highest BCUT2D eigenvalue weighted by molar-refractivity contribution is 5.76. The summed E-state index contributed by atoms with van der Waals surface area (Å²) in [5, 5.41) is 20.4. The van der Waals surface area contributed by atoms with E-state index in [1.807, 2.05) is 26.0 Å². The van der Waals surface area contributed by atoms with Gasteiger partial charge >= 0.3 is 0 Å². The lowest BCUT2D eigenvalue weighted by molar-refractivity contribution is -0.121. The SMILES string of the molecule is C/C=C(\C)C(O)CCNC(=O)CCC#N. The van der Waals surface area contributed by atoms with Crippen LogP contribution in [-0.2, 0) is 4.79 Å². The summed E-state index contributed by atoms with van der Waals surface area (Å²) in [4.78, 5) is 11.1. The van der Waals surface area contributed by atoms with Crippen molar-refractivity contribution in [3.8, 4) is 6.07 Å². The maximum atomic E-state index is 11.1. The van der Waals surface area contributed by atoms with E-state index in [0.717, 1.165) is 5.57 Å². The molecule has 0 aliphatic heterocycles. The summed E-state index contributed by atoms with van der Waals surface area (Å²) in [7, 11) is 0. The van der Waals surface area contributed by atoms with Crippen molar-refractivity contribution in [2.45, 2.75) is 39.2 Å². The number of nitriles is 1. The van der Waals surface area contributed by atoms with Crippen LogP contribution in [0.3, 0.4) is 0 Å². The second-order valence-electron chi connectivity index (χ2n) is 3.35. The highest BCUT2D eigenvalue weighted by atomic mass is 16.3. The number of nitrogens with one attached hydrogen (secondary N) is 1. The van der Waals surface area contributed by atoms with Crippen molar-refractivity contribution >= 4 is 5.91 Å². The molecule has 1 atom stereocenters. The summed E-state index contributed by atoms with van der Waals surface area (Å²) in [5.41, 5.74) is 0.904. The summed E-state index contributed by atoms with van der Waals surface area (Å²) < 4.78 is 0. The van der Waals surface area contributed by atoms with Gasteiger partial charge in [-0.1, -0.05) is 6.08 Å². The molecule has 4 nitrogen and oxygen atoms in total. The van der Waals surface area contributed by atoms with Gasteiger partial charge in [0.1, 0.15) is 0 Å². The molecule has 4 heteroatoms. The molecule has 0 bridgehead atoms. The zero-order valence-corrected chi connectivity index (χ0v) is 9.29. The fourth-order valence-corrected chi connectivity index (χ4v) is 1.03. The van der Waals surface area contributed by atoms with E-state index in [2.05, 4.69) is 5.32 Å². The van der Waals surface area contributed by atoms with Gasteiger partial charge in [0.2, 0.25) is 5.91 Å². The first-order valence-electron chi connectivity index (χ1n) is 5.06. The summed E-state index contributed by atoms with van der Waals surface area (Å²) in [6.07, 6.45) is 2.33. The number of carbonyl (C=O) groups excluding carboxylic acids is 1. The highest BCUT2D eigenvalue weighted by Gasteiger charge is 2.06. The van der Waals surface area contributed by atoms with Crippen LogP contribution < -0.4 is 5.32 Å². The standard InChI is InChI=1S/C11H18N2O2/c1-3-9(2)10(14)6-8-13-11(15)5-4-7-12/h3,10,14H,4-6,8H2,1-2H3,(H,13,15)/b9-3+. The molecule has 0 rings (SSSR count).